The number of hydrogen-bond acceptors (Lipinski definition) is 6. The molecule has 0 aliphatic rings. The first kappa shape index (κ1) is 21.1. The van der Waals surface area contributed by atoms with Crippen LogP contribution >= 0.6 is 0 Å². The number of pyridine rings is 1. The quantitative estimate of drug-likeness (QED) is 0.587. The lowest BCUT2D eigenvalue weighted by atomic mass is 10.2. The number of ether oxygens (including phenoxy) is 2. The van der Waals surface area contributed by atoms with Crippen LogP contribution in [0.1, 0.15) is 37.6 Å². The predicted octanol–water partition coefficient (Wildman–Crippen LogP) is 2.54. The van der Waals surface area contributed by atoms with E-state index < -0.39 is 17.2 Å². The highest BCUT2D eigenvalue weighted by molar-refractivity contribution is 6.06. The number of aromatic amines is 1. The average molecular weight is 412 g/mol. The van der Waals surface area contributed by atoms with E-state index in [9.17, 15) is 14.4 Å². The summed E-state index contributed by atoms with van der Waals surface area (Å²) in [5, 5.41) is 2.95. The van der Waals surface area contributed by atoms with Gasteiger partial charge in [0.05, 0.1) is 29.9 Å². The molecule has 1 amide bonds. The number of carbonyl (C=O) groups is 1. The Kier molecular flexibility index (Phi) is 6.51. The molecular weight excluding hydrogens is 388 g/mol. The van der Waals surface area contributed by atoms with Crippen LogP contribution in [-0.4, -0.2) is 33.7 Å². The molecule has 30 heavy (non-hydrogen) atoms. The van der Waals surface area contributed by atoms with Crippen LogP contribution in [0.5, 0.6) is 11.5 Å². The topological polar surface area (TPSA) is 115 Å². The third-order valence-electron chi connectivity index (χ3n) is 4.35. The number of aryl methyl sites for hydroxylation is 1. The fraction of sp³-hybridized carbons (Fsp3) is 0.333. The van der Waals surface area contributed by atoms with Gasteiger partial charge in [0.2, 0.25) is 0 Å². The maximum atomic E-state index is 12.8. The molecule has 2 aromatic heterocycles. The Morgan fingerprint density at radius 3 is 2.60 bits per heavy atom. The molecule has 0 aliphatic carbocycles. The molecule has 9 nitrogen and oxygen atoms in total. The summed E-state index contributed by atoms with van der Waals surface area (Å²) in [6, 6.07) is 6.58. The van der Waals surface area contributed by atoms with Crippen LogP contribution in [0.2, 0.25) is 0 Å². The summed E-state index contributed by atoms with van der Waals surface area (Å²) < 4.78 is 12.4. The molecule has 3 aromatic rings. The van der Waals surface area contributed by atoms with Gasteiger partial charge in [0.1, 0.15) is 17.1 Å². The zero-order chi connectivity index (χ0) is 21.7. The second kappa shape index (κ2) is 9.25. The van der Waals surface area contributed by atoms with E-state index >= 15 is 0 Å². The zero-order valence-corrected chi connectivity index (χ0v) is 17.2. The van der Waals surface area contributed by atoms with E-state index in [1.807, 2.05) is 20.8 Å². The third kappa shape index (κ3) is 4.35. The summed E-state index contributed by atoms with van der Waals surface area (Å²) in [5.74, 6) is 0.622. The van der Waals surface area contributed by atoms with Gasteiger partial charge in [-0.15, -0.1) is 0 Å². The number of nitrogens with zero attached hydrogens (tertiary/aromatic N) is 2. The summed E-state index contributed by atoms with van der Waals surface area (Å²) in [7, 11) is 0. The minimum Gasteiger partial charge on any atom is -0.494 e. The molecule has 0 aliphatic heterocycles. The van der Waals surface area contributed by atoms with Gasteiger partial charge in [-0.1, -0.05) is 6.92 Å². The van der Waals surface area contributed by atoms with Gasteiger partial charge in [0.15, 0.2) is 0 Å². The second-order valence-electron chi connectivity index (χ2n) is 6.48. The number of carbonyl (C=O) groups excluding carboxylic acids is 1. The van der Waals surface area contributed by atoms with E-state index in [0.29, 0.717) is 43.4 Å². The summed E-state index contributed by atoms with van der Waals surface area (Å²) in [4.78, 5) is 43.7. The highest BCUT2D eigenvalue weighted by Gasteiger charge is 2.15. The first-order valence-corrected chi connectivity index (χ1v) is 9.82. The molecule has 158 valence electrons. The van der Waals surface area contributed by atoms with Crippen LogP contribution in [0.15, 0.2) is 40.1 Å². The van der Waals surface area contributed by atoms with Crippen molar-refractivity contribution in [2.45, 2.75) is 33.7 Å². The van der Waals surface area contributed by atoms with Gasteiger partial charge in [-0.2, -0.15) is 0 Å². The van der Waals surface area contributed by atoms with E-state index in [4.69, 9.17) is 9.47 Å². The Bertz CT molecular complexity index is 1180. The number of rotatable bonds is 8. The number of anilines is 1. The van der Waals surface area contributed by atoms with E-state index in [2.05, 4.69) is 15.3 Å². The van der Waals surface area contributed by atoms with Crippen LogP contribution in [0.25, 0.3) is 11.0 Å². The molecule has 0 unspecified atom stereocenters. The molecule has 3 rings (SSSR count). The van der Waals surface area contributed by atoms with Crippen molar-refractivity contribution in [3.8, 4) is 11.5 Å². The SMILES string of the molecule is CCCn1c(=O)[nH]c(=O)c2cc(C(=O)Nc3cc(OCC)ccc3OCC)cnc21. The van der Waals surface area contributed by atoms with Crippen molar-refractivity contribution >= 4 is 22.6 Å². The predicted molar refractivity (Wildman–Crippen MR) is 114 cm³/mol. The van der Waals surface area contributed by atoms with Crippen molar-refractivity contribution in [3.05, 3.63) is 56.9 Å². The standard InChI is InChI=1S/C21H24N4O5/c1-4-9-25-18-15(20(27)24-21(25)28)10-13(12-22-18)19(26)23-16-11-14(29-5-2)7-8-17(16)30-6-3/h7-8,10-12H,4-6,9H2,1-3H3,(H,23,26)(H,24,27,28). The molecule has 2 N–H and O–H groups in total. The van der Waals surface area contributed by atoms with E-state index in [-0.39, 0.29) is 16.6 Å². The fourth-order valence-electron chi connectivity index (χ4n) is 3.06. The lowest BCUT2D eigenvalue weighted by Crippen LogP contribution is -2.31. The highest BCUT2D eigenvalue weighted by atomic mass is 16.5. The Balaban J connectivity index is 1.99. The van der Waals surface area contributed by atoms with Crippen molar-refractivity contribution < 1.29 is 14.3 Å². The Hall–Kier alpha value is -3.62. The van der Waals surface area contributed by atoms with Crippen molar-refractivity contribution in [2.24, 2.45) is 0 Å². The van der Waals surface area contributed by atoms with Crippen molar-refractivity contribution in [1.82, 2.24) is 14.5 Å². The first-order valence-electron chi connectivity index (χ1n) is 9.82. The zero-order valence-electron chi connectivity index (χ0n) is 17.2. The number of benzene rings is 1. The van der Waals surface area contributed by atoms with Crippen molar-refractivity contribution in [2.75, 3.05) is 18.5 Å². The molecule has 0 bridgehead atoms. The second-order valence-corrected chi connectivity index (χ2v) is 6.48. The largest absolute Gasteiger partial charge is 0.494 e. The molecule has 0 saturated heterocycles. The van der Waals surface area contributed by atoms with Crippen LogP contribution in [-0.2, 0) is 6.54 Å². The maximum Gasteiger partial charge on any atom is 0.329 e. The van der Waals surface area contributed by atoms with E-state index in [1.54, 1.807) is 18.2 Å². The third-order valence-corrected chi connectivity index (χ3v) is 4.35. The lowest BCUT2D eigenvalue weighted by Gasteiger charge is -2.14. The molecule has 0 saturated carbocycles. The molecular formula is C21H24N4O5. The summed E-state index contributed by atoms with van der Waals surface area (Å²) in [5.41, 5.74) is -0.238. The molecule has 0 atom stereocenters. The van der Waals surface area contributed by atoms with Gasteiger partial charge < -0.3 is 14.8 Å². The van der Waals surface area contributed by atoms with Gasteiger partial charge in [-0.05, 0) is 38.5 Å². The average Bonchev–Trinajstić information content (AvgIpc) is 2.73. The minimum atomic E-state index is -0.585. The number of hydrogen-bond donors (Lipinski definition) is 2. The summed E-state index contributed by atoms with van der Waals surface area (Å²) >= 11 is 0. The molecule has 0 radical (unpaired) electrons. The summed E-state index contributed by atoms with van der Waals surface area (Å²) in [6.45, 7) is 6.95. The van der Waals surface area contributed by atoms with Crippen molar-refractivity contribution in [3.63, 3.8) is 0 Å². The molecule has 1 aromatic carbocycles. The van der Waals surface area contributed by atoms with Gasteiger partial charge >= 0.3 is 5.69 Å². The smallest absolute Gasteiger partial charge is 0.329 e. The number of amides is 1. The Labute approximate surface area is 172 Å². The van der Waals surface area contributed by atoms with Crippen molar-refractivity contribution in [1.29, 1.82) is 0 Å². The molecule has 2 heterocycles. The number of H-pyrrole nitrogens is 1. The Morgan fingerprint density at radius 2 is 1.90 bits per heavy atom. The highest BCUT2D eigenvalue weighted by Crippen LogP contribution is 2.30. The summed E-state index contributed by atoms with van der Waals surface area (Å²) in [6.07, 6.45) is 2.04. The Morgan fingerprint density at radius 1 is 1.13 bits per heavy atom. The number of nitrogens with one attached hydrogen (secondary N) is 2. The van der Waals surface area contributed by atoms with Crippen LogP contribution in [0, 0.1) is 0 Å². The molecule has 9 heteroatoms. The number of fused-ring (bicyclic) bond motifs is 1. The van der Waals surface area contributed by atoms with Gasteiger partial charge in [-0.25, -0.2) is 9.78 Å². The van der Waals surface area contributed by atoms with Gasteiger partial charge in [-0.3, -0.25) is 19.1 Å². The molecule has 0 fully saturated rings. The normalized spacial score (nSPS) is 10.8. The van der Waals surface area contributed by atoms with E-state index in [1.165, 1.54) is 16.8 Å². The maximum absolute atomic E-state index is 12.8. The number of aromatic nitrogens is 3. The monoisotopic (exact) mass is 412 g/mol. The van der Waals surface area contributed by atoms with Crippen LogP contribution < -0.4 is 26.0 Å². The van der Waals surface area contributed by atoms with E-state index in [0.717, 1.165) is 0 Å². The van der Waals surface area contributed by atoms with Crippen LogP contribution in [0.3, 0.4) is 0 Å². The fourth-order valence-corrected chi connectivity index (χ4v) is 3.06. The minimum absolute atomic E-state index is 0.170. The van der Waals surface area contributed by atoms with Gasteiger partial charge in [0, 0.05) is 18.8 Å². The lowest BCUT2D eigenvalue weighted by molar-refractivity contribution is 0.102. The van der Waals surface area contributed by atoms with Crippen LogP contribution in [0.4, 0.5) is 5.69 Å². The van der Waals surface area contributed by atoms with Gasteiger partial charge in [0.25, 0.3) is 11.5 Å². The first-order chi connectivity index (χ1) is 14.5. The molecule has 0 spiro atoms.